The Bertz CT molecular complexity index is 697. The van der Waals surface area contributed by atoms with Gasteiger partial charge in [-0.25, -0.2) is 0 Å². The molecule has 4 nitrogen and oxygen atoms in total. The quantitative estimate of drug-likeness (QED) is 0.772. The second-order valence-corrected chi connectivity index (χ2v) is 7.84. The molecule has 1 saturated carbocycles. The van der Waals surface area contributed by atoms with Crippen molar-refractivity contribution >= 4 is 11.8 Å². The molecule has 28 heavy (non-hydrogen) atoms. The predicted molar refractivity (Wildman–Crippen MR) is 99.2 cm³/mol. The van der Waals surface area contributed by atoms with E-state index in [0.717, 1.165) is 37.8 Å². The second kappa shape index (κ2) is 8.97. The smallest absolute Gasteiger partial charge is 0.352 e. The number of nitrogens with one attached hydrogen (secondary N) is 1. The first-order valence-electron chi connectivity index (χ1n) is 10.1. The molecule has 3 rings (SSSR count). The number of carbonyl (C=O) groups excluding carboxylic acids is 2. The maximum atomic E-state index is 12.8. The molecule has 0 unspecified atom stereocenters. The molecular formula is C21H27F3N2O2. The SMILES string of the molecule is O=C(NCc1cccc(C(F)(F)F)c1)[C@H]1CCC(=O)N(C2CCCCCC2)C1. The molecule has 1 heterocycles. The summed E-state index contributed by atoms with van der Waals surface area (Å²) in [6.07, 6.45) is 3.05. The highest BCUT2D eigenvalue weighted by molar-refractivity contribution is 5.84. The predicted octanol–water partition coefficient (Wildman–Crippen LogP) is 4.28. The summed E-state index contributed by atoms with van der Waals surface area (Å²) in [5.74, 6) is -0.371. The normalized spacial score (nSPS) is 22.0. The lowest BCUT2D eigenvalue weighted by molar-refractivity contribution is -0.141. The van der Waals surface area contributed by atoms with E-state index in [-0.39, 0.29) is 30.3 Å². The number of likely N-dealkylation sites (tertiary alicyclic amines) is 1. The maximum Gasteiger partial charge on any atom is 0.416 e. The zero-order valence-corrected chi connectivity index (χ0v) is 15.9. The zero-order valence-electron chi connectivity index (χ0n) is 15.9. The first-order chi connectivity index (χ1) is 13.3. The highest BCUT2D eigenvalue weighted by atomic mass is 19.4. The van der Waals surface area contributed by atoms with Gasteiger partial charge in [0.25, 0.3) is 0 Å². The van der Waals surface area contributed by atoms with E-state index in [1.165, 1.54) is 18.9 Å². The molecule has 0 bridgehead atoms. The van der Waals surface area contributed by atoms with Gasteiger partial charge in [-0.3, -0.25) is 9.59 Å². The third-order valence-corrected chi connectivity index (χ3v) is 5.80. The minimum atomic E-state index is -4.40. The van der Waals surface area contributed by atoms with Crippen molar-refractivity contribution in [3.8, 4) is 0 Å². The molecule has 7 heteroatoms. The molecule has 0 aromatic heterocycles. The third-order valence-electron chi connectivity index (χ3n) is 5.80. The van der Waals surface area contributed by atoms with Gasteiger partial charge in [-0.2, -0.15) is 13.2 Å². The number of hydrogen-bond donors (Lipinski definition) is 1. The van der Waals surface area contributed by atoms with Crippen molar-refractivity contribution < 1.29 is 22.8 Å². The molecule has 1 aliphatic heterocycles. The Labute approximate surface area is 163 Å². The van der Waals surface area contributed by atoms with Gasteiger partial charge in [0.1, 0.15) is 0 Å². The van der Waals surface area contributed by atoms with Crippen LogP contribution in [0.5, 0.6) is 0 Å². The largest absolute Gasteiger partial charge is 0.416 e. The van der Waals surface area contributed by atoms with Crippen molar-refractivity contribution in [1.29, 1.82) is 0 Å². The third kappa shape index (κ3) is 5.26. The van der Waals surface area contributed by atoms with Gasteiger partial charge in [-0.05, 0) is 37.0 Å². The van der Waals surface area contributed by atoms with Crippen LogP contribution in [0.2, 0.25) is 0 Å². The summed E-state index contributed by atoms with van der Waals surface area (Å²) in [6, 6.07) is 5.20. The summed E-state index contributed by atoms with van der Waals surface area (Å²) in [7, 11) is 0. The number of benzene rings is 1. The summed E-state index contributed by atoms with van der Waals surface area (Å²) < 4.78 is 38.5. The van der Waals surface area contributed by atoms with Crippen molar-refractivity contribution in [2.24, 2.45) is 5.92 Å². The Morgan fingerprint density at radius 2 is 1.82 bits per heavy atom. The van der Waals surface area contributed by atoms with E-state index in [2.05, 4.69) is 5.32 Å². The van der Waals surface area contributed by atoms with Crippen LogP contribution in [0.4, 0.5) is 13.2 Å². The Kier molecular flexibility index (Phi) is 6.62. The summed E-state index contributed by atoms with van der Waals surface area (Å²) in [4.78, 5) is 26.8. The summed E-state index contributed by atoms with van der Waals surface area (Å²) >= 11 is 0. The van der Waals surface area contributed by atoms with Gasteiger partial charge in [0.2, 0.25) is 11.8 Å². The molecule has 1 N–H and O–H groups in total. The van der Waals surface area contributed by atoms with Crippen LogP contribution in [0.15, 0.2) is 24.3 Å². The average molecular weight is 396 g/mol. The van der Waals surface area contributed by atoms with Gasteiger partial charge in [0, 0.05) is 25.6 Å². The number of piperidine rings is 1. The number of hydrogen-bond acceptors (Lipinski definition) is 2. The Hall–Kier alpha value is -2.05. The van der Waals surface area contributed by atoms with Gasteiger partial charge < -0.3 is 10.2 Å². The van der Waals surface area contributed by atoms with Crippen LogP contribution >= 0.6 is 0 Å². The van der Waals surface area contributed by atoms with E-state index >= 15 is 0 Å². The Morgan fingerprint density at radius 3 is 2.50 bits per heavy atom. The molecule has 0 spiro atoms. The van der Waals surface area contributed by atoms with Crippen LogP contribution in [0.3, 0.4) is 0 Å². The average Bonchev–Trinajstić information content (AvgIpc) is 2.95. The number of rotatable bonds is 4. The molecule has 1 aromatic rings. The van der Waals surface area contributed by atoms with Crippen molar-refractivity contribution in [3.05, 3.63) is 35.4 Å². The number of carbonyl (C=O) groups is 2. The summed E-state index contributed by atoms with van der Waals surface area (Å²) in [5.41, 5.74) is -0.308. The molecule has 2 aliphatic rings. The molecular weight excluding hydrogens is 369 g/mol. The fraction of sp³-hybridized carbons (Fsp3) is 0.619. The van der Waals surface area contributed by atoms with Gasteiger partial charge in [0.05, 0.1) is 11.5 Å². The molecule has 2 fully saturated rings. The van der Waals surface area contributed by atoms with Crippen LogP contribution in [0.1, 0.15) is 62.5 Å². The number of halogens is 3. The summed E-state index contributed by atoms with van der Waals surface area (Å²) in [5, 5.41) is 2.75. The minimum absolute atomic E-state index is 0.0522. The monoisotopic (exact) mass is 396 g/mol. The number of alkyl halides is 3. The van der Waals surface area contributed by atoms with E-state index in [1.54, 1.807) is 6.07 Å². The van der Waals surface area contributed by atoms with Crippen molar-refractivity contribution in [2.45, 2.75) is 70.1 Å². The second-order valence-electron chi connectivity index (χ2n) is 7.84. The molecule has 2 amide bonds. The minimum Gasteiger partial charge on any atom is -0.352 e. The van der Waals surface area contributed by atoms with Crippen LogP contribution in [-0.4, -0.2) is 29.3 Å². The molecule has 0 radical (unpaired) electrons. The Balaban J connectivity index is 1.57. The standard InChI is InChI=1S/C21H27F3N2O2/c22-21(23,24)17-7-5-6-15(12-17)13-25-20(28)16-10-11-19(27)26(14-16)18-8-3-1-2-4-9-18/h5-7,12,16,18H,1-4,8-11,13-14H2,(H,25,28)/t16-/m0/s1. The molecule has 1 atom stereocenters. The van der Waals surface area contributed by atoms with Crippen LogP contribution in [0.25, 0.3) is 0 Å². The topological polar surface area (TPSA) is 49.4 Å². The highest BCUT2D eigenvalue weighted by Crippen LogP contribution is 2.30. The van der Waals surface area contributed by atoms with Crippen molar-refractivity contribution in [2.75, 3.05) is 6.54 Å². The van der Waals surface area contributed by atoms with Crippen LogP contribution in [-0.2, 0) is 22.3 Å². The number of amides is 2. The molecule has 1 aliphatic carbocycles. The summed E-state index contributed by atoms with van der Waals surface area (Å²) in [6.45, 7) is 0.467. The van der Waals surface area contributed by atoms with Crippen LogP contribution in [0, 0.1) is 5.92 Å². The van der Waals surface area contributed by atoms with Gasteiger partial charge >= 0.3 is 6.18 Å². The molecule has 154 valence electrons. The van der Waals surface area contributed by atoms with E-state index in [0.29, 0.717) is 24.9 Å². The van der Waals surface area contributed by atoms with Gasteiger partial charge in [-0.15, -0.1) is 0 Å². The van der Waals surface area contributed by atoms with Gasteiger partial charge in [-0.1, -0.05) is 37.8 Å². The first-order valence-corrected chi connectivity index (χ1v) is 10.1. The Morgan fingerprint density at radius 1 is 1.11 bits per heavy atom. The fourth-order valence-electron chi connectivity index (χ4n) is 4.20. The van der Waals surface area contributed by atoms with Crippen molar-refractivity contribution in [1.82, 2.24) is 10.2 Å². The lowest BCUT2D eigenvalue weighted by Gasteiger charge is -2.37. The first kappa shape index (κ1) is 20.7. The van der Waals surface area contributed by atoms with Gasteiger partial charge in [0.15, 0.2) is 0 Å². The van der Waals surface area contributed by atoms with E-state index in [9.17, 15) is 22.8 Å². The van der Waals surface area contributed by atoms with E-state index in [1.807, 2.05) is 4.90 Å². The van der Waals surface area contributed by atoms with E-state index < -0.39 is 11.7 Å². The lowest BCUT2D eigenvalue weighted by atomic mass is 9.93. The maximum absolute atomic E-state index is 12.8. The molecule has 1 aromatic carbocycles. The molecule has 1 saturated heterocycles. The van der Waals surface area contributed by atoms with Crippen LogP contribution < -0.4 is 5.32 Å². The highest BCUT2D eigenvalue weighted by Gasteiger charge is 2.34. The zero-order chi connectivity index (χ0) is 20.1. The lowest BCUT2D eigenvalue weighted by Crippen LogP contribution is -2.49. The van der Waals surface area contributed by atoms with E-state index in [4.69, 9.17) is 0 Å². The number of nitrogens with zero attached hydrogens (tertiary/aromatic N) is 1. The van der Waals surface area contributed by atoms with Crippen molar-refractivity contribution in [3.63, 3.8) is 0 Å². The fourth-order valence-corrected chi connectivity index (χ4v) is 4.20.